The molecule has 0 aliphatic heterocycles. The Morgan fingerprint density at radius 1 is 1.10 bits per heavy atom. The van der Waals surface area contributed by atoms with Gasteiger partial charge in [-0.25, -0.2) is 14.5 Å². The van der Waals surface area contributed by atoms with Crippen molar-refractivity contribution in [2.75, 3.05) is 52.1 Å². The number of methoxy groups -OCH3 is 1. The summed E-state index contributed by atoms with van der Waals surface area (Å²) in [4.78, 5) is 19.7. The van der Waals surface area contributed by atoms with Crippen LogP contribution in [0.5, 0.6) is 0 Å². The van der Waals surface area contributed by atoms with Crippen molar-refractivity contribution < 1.29 is 23.7 Å². The first kappa shape index (κ1) is 35.8. The van der Waals surface area contributed by atoms with Crippen molar-refractivity contribution in [3.05, 3.63) is 54.7 Å². The minimum absolute atomic E-state index is 0.0901. The van der Waals surface area contributed by atoms with Gasteiger partial charge in [0, 0.05) is 55.7 Å². The number of carbonyl (C=O) groups is 1. The Labute approximate surface area is 287 Å². The number of rotatable bonds is 17. The number of anilines is 1. The van der Waals surface area contributed by atoms with Gasteiger partial charge in [0.15, 0.2) is 11.2 Å². The van der Waals surface area contributed by atoms with Crippen LogP contribution in [0.15, 0.2) is 53.9 Å². The van der Waals surface area contributed by atoms with Gasteiger partial charge >= 0.3 is 5.97 Å². The third-order valence-electron chi connectivity index (χ3n) is 9.37. The zero-order valence-corrected chi connectivity index (χ0v) is 29.5. The quantitative estimate of drug-likeness (QED) is 0.0936. The number of fused-ring (bicyclic) bond motifs is 1. The van der Waals surface area contributed by atoms with Crippen molar-refractivity contribution >= 4 is 34.9 Å². The Kier molecular flexibility index (Phi) is 12.9. The molecule has 0 radical (unpaired) electrons. The molecule has 3 aromatic heterocycles. The van der Waals surface area contributed by atoms with E-state index in [9.17, 15) is 4.79 Å². The third kappa shape index (κ3) is 8.39. The van der Waals surface area contributed by atoms with E-state index in [0.717, 1.165) is 46.7 Å². The third-order valence-corrected chi connectivity index (χ3v) is 10.2. The van der Waals surface area contributed by atoms with Crippen molar-refractivity contribution in [3.8, 4) is 11.1 Å². The van der Waals surface area contributed by atoms with Gasteiger partial charge in [-0.05, 0) is 56.8 Å². The summed E-state index contributed by atoms with van der Waals surface area (Å²) in [6.07, 6.45) is 24.0. The average molecular weight is 679 g/mol. The topological polar surface area (TPSA) is 128 Å². The number of thioether (sulfide) groups is 1. The number of aromatic nitrogens is 5. The number of hydrogen-bond acceptors (Lipinski definition) is 10. The molecule has 0 saturated heterocycles. The lowest BCUT2D eigenvalue weighted by atomic mass is 9.77. The summed E-state index contributed by atoms with van der Waals surface area (Å²) in [5.74, 6) is 0.949. The molecule has 3 heterocycles. The van der Waals surface area contributed by atoms with E-state index in [0.29, 0.717) is 75.9 Å². The largest absolute Gasteiger partial charge is 0.461 e. The predicted molar refractivity (Wildman–Crippen MR) is 190 cm³/mol. The molecule has 1 fully saturated rings. The van der Waals surface area contributed by atoms with E-state index in [1.807, 2.05) is 41.6 Å². The van der Waals surface area contributed by atoms with Gasteiger partial charge in [-0.1, -0.05) is 44.6 Å². The molecule has 0 spiro atoms. The van der Waals surface area contributed by atoms with E-state index in [-0.39, 0.29) is 18.5 Å². The Hall–Kier alpha value is -3.45. The van der Waals surface area contributed by atoms with Crippen LogP contribution in [-0.2, 0) is 23.7 Å². The van der Waals surface area contributed by atoms with Gasteiger partial charge in [-0.3, -0.25) is 0 Å². The second kappa shape index (κ2) is 17.3. The molecule has 0 bridgehead atoms. The van der Waals surface area contributed by atoms with E-state index < -0.39 is 5.60 Å². The van der Waals surface area contributed by atoms with Crippen LogP contribution in [0.1, 0.15) is 76.8 Å². The van der Waals surface area contributed by atoms with E-state index >= 15 is 0 Å². The normalized spacial score (nSPS) is 20.2. The number of nitrogens with zero attached hydrogens (tertiary/aromatic N) is 5. The standard InChI is InChI=1S/C36H50N6O5S/c1-5-26(2)15-20-45-21-22-46-35(43)36(47-19-10-18-44-3)16-13-27(14-17-36)31-32(48-4)33(37)42-34(40-31)30(24-39-42)28-23-38-41(25-28)29-11-8-6-7-9-12-29/h6-9,11,23-27H,5,10,12-22,37H2,1-4H3. The molecule has 3 aromatic rings. The second-order valence-corrected chi connectivity index (χ2v) is 13.4. The number of esters is 1. The van der Waals surface area contributed by atoms with E-state index in [1.54, 1.807) is 29.6 Å². The predicted octanol–water partition coefficient (Wildman–Crippen LogP) is 6.70. The number of ether oxygens (including phenoxy) is 4. The van der Waals surface area contributed by atoms with Crippen LogP contribution in [0.2, 0.25) is 0 Å². The van der Waals surface area contributed by atoms with Crippen LogP contribution in [-0.4, -0.2) is 82.3 Å². The number of nitrogens with two attached hydrogens (primary N) is 1. The molecule has 1 unspecified atom stereocenters. The summed E-state index contributed by atoms with van der Waals surface area (Å²) in [5.41, 5.74) is 10.2. The number of carbonyl (C=O) groups excluding carboxylic acids is 1. The Morgan fingerprint density at radius 3 is 2.71 bits per heavy atom. The maximum absolute atomic E-state index is 13.6. The van der Waals surface area contributed by atoms with E-state index in [4.69, 9.17) is 29.7 Å². The molecule has 260 valence electrons. The van der Waals surface area contributed by atoms with Crippen molar-refractivity contribution in [1.82, 2.24) is 24.4 Å². The smallest absolute Gasteiger partial charge is 0.338 e. The summed E-state index contributed by atoms with van der Waals surface area (Å²) < 4.78 is 26.6. The second-order valence-electron chi connectivity index (χ2n) is 12.6. The van der Waals surface area contributed by atoms with Crippen molar-refractivity contribution in [3.63, 3.8) is 0 Å². The molecule has 48 heavy (non-hydrogen) atoms. The van der Waals surface area contributed by atoms with Crippen LogP contribution < -0.4 is 5.73 Å². The monoisotopic (exact) mass is 678 g/mol. The van der Waals surface area contributed by atoms with Crippen molar-refractivity contribution in [2.45, 2.75) is 81.6 Å². The van der Waals surface area contributed by atoms with Gasteiger partial charge in [0.25, 0.3) is 0 Å². The molecule has 0 amide bonds. The lowest BCUT2D eigenvalue weighted by molar-refractivity contribution is -0.180. The lowest BCUT2D eigenvalue weighted by Crippen LogP contribution is -2.46. The molecule has 11 nitrogen and oxygen atoms in total. The zero-order chi connectivity index (χ0) is 33.9. The average Bonchev–Trinajstić information content (AvgIpc) is 3.68. The van der Waals surface area contributed by atoms with Crippen molar-refractivity contribution in [1.29, 1.82) is 0 Å². The van der Waals surface area contributed by atoms with Gasteiger partial charge < -0.3 is 24.7 Å². The summed E-state index contributed by atoms with van der Waals surface area (Å²) in [7, 11) is 1.66. The maximum Gasteiger partial charge on any atom is 0.338 e. The molecule has 1 atom stereocenters. The number of nitrogen functional groups attached to an aromatic ring is 1. The fourth-order valence-corrected chi connectivity index (χ4v) is 6.93. The molecule has 1 saturated carbocycles. The van der Waals surface area contributed by atoms with E-state index in [1.165, 1.54) is 0 Å². The van der Waals surface area contributed by atoms with Gasteiger partial charge in [-0.2, -0.15) is 14.7 Å². The molecular weight excluding hydrogens is 629 g/mol. The highest BCUT2D eigenvalue weighted by atomic mass is 32.2. The molecule has 5 rings (SSSR count). The molecule has 0 aromatic carbocycles. The summed E-state index contributed by atoms with van der Waals surface area (Å²) in [6, 6.07) is 0. The first-order valence-corrected chi connectivity index (χ1v) is 18.3. The summed E-state index contributed by atoms with van der Waals surface area (Å²) in [5, 5.41) is 9.26. The highest BCUT2D eigenvalue weighted by Crippen LogP contribution is 2.44. The minimum Gasteiger partial charge on any atom is -0.461 e. The van der Waals surface area contributed by atoms with Gasteiger partial charge in [-0.15, -0.1) is 11.8 Å². The van der Waals surface area contributed by atoms with Crippen LogP contribution in [0.25, 0.3) is 22.5 Å². The Bertz CT molecular complexity index is 1600. The van der Waals surface area contributed by atoms with Crippen LogP contribution >= 0.6 is 11.8 Å². The van der Waals surface area contributed by atoms with E-state index in [2.05, 4.69) is 36.2 Å². The fraction of sp³-hybridized carbons (Fsp3) is 0.556. The first-order chi connectivity index (χ1) is 23.4. The molecule has 2 N–H and O–H groups in total. The molecule has 12 heteroatoms. The summed E-state index contributed by atoms with van der Waals surface area (Å²) >= 11 is 1.57. The Morgan fingerprint density at radius 2 is 1.94 bits per heavy atom. The van der Waals surface area contributed by atoms with Crippen molar-refractivity contribution in [2.24, 2.45) is 5.92 Å². The zero-order valence-electron chi connectivity index (χ0n) is 28.7. The molecular formula is C36H50N6O5S. The molecule has 2 aliphatic rings. The van der Waals surface area contributed by atoms with Crippen LogP contribution in [0.4, 0.5) is 5.82 Å². The SMILES string of the molecule is CCC(C)CCOCCOC(=O)C1(OCCCOC)CCC(c2nc3c(-c4cnn(C5=CC=CC=CC5)c4)cnn3c(N)c2SC)CC1. The first-order valence-electron chi connectivity index (χ1n) is 17.1. The maximum atomic E-state index is 13.6. The minimum atomic E-state index is -1.01. The fourth-order valence-electron chi connectivity index (χ4n) is 6.21. The van der Waals surface area contributed by atoms with Gasteiger partial charge in [0.05, 0.1) is 36.2 Å². The Balaban J connectivity index is 1.32. The van der Waals surface area contributed by atoms with Gasteiger partial charge in [0.1, 0.15) is 12.4 Å². The van der Waals surface area contributed by atoms with Crippen LogP contribution in [0, 0.1) is 5.92 Å². The van der Waals surface area contributed by atoms with Gasteiger partial charge in [0.2, 0.25) is 0 Å². The lowest BCUT2D eigenvalue weighted by Gasteiger charge is -2.38. The highest BCUT2D eigenvalue weighted by Gasteiger charge is 2.45. The number of allylic oxidation sites excluding steroid dienone is 6. The highest BCUT2D eigenvalue weighted by molar-refractivity contribution is 7.98. The summed E-state index contributed by atoms with van der Waals surface area (Å²) in [6.45, 7) is 6.63. The molecule has 2 aliphatic carbocycles. The van der Waals surface area contributed by atoms with Crippen LogP contribution in [0.3, 0.4) is 0 Å². The number of hydrogen-bond donors (Lipinski definition) is 1.